The summed E-state index contributed by atoms with van der Waals surface area (Å²) in [6.07, 6.45) is 1.55. The highest BCUT2D eigenvalue weighted by atomic mass is 32.2. The van der Waals surface area contributed by atoms with Crippen LogP contribution in [0, 0.1) is 0 Å². The molecule has 0 saturated heterocycles. The Bertz CT molecular complexity index is 663. The predicted molar refractivity (Wildman–Crippen MR) is 68.4 cm³/mol. The average Bonchev–Trinajstić information content (AvgIpc) is 3.18. The Morgan fingerprint density at radius 3 is 3.15 bits per heavy atom. The zero-order valence-corrected chi connectivity index (χ0v) is 11.2. The van der Waals surface area contributed by atoms with Crippen molar-refractivity contribution in [3.8, 4) is 11.7 Å². The molecule has 0 radical (unpaired) electrons. The molecule has 0 amide bonds. The van der Waals surface area contributed by atoms with E-state index in [-0.39, 0.29) is 0 Å². The molecule has 0 aliphatic heterocycles. The second kappa shape index (κ2) is 5.84. The summed E-state index contributed by atoms with van der Waals surface area (Å²) in [6.45, 7) is 1.04. The van der Waals surface area contributed by atoms with E-state index in [4.69, 9.17) is 14.7 Å². The van der Waals surface area contributed by atoms with Crippen molar-refractivity contribution in [1.82, 2.24) is 30.3 Å². The Labute approximate surface area is 117 Å². The summed E-state index contributed by atoms with van der Waals surface area (Å²) in [7, 11) is 0. The fourth-order valence-electron chi connectivity index (χ4n) is 1.50. The third-order valence-electron chi connectivity index (χ3n) is 2.37. The van der Waals surface area contributed by atoms with E-state index in [2.05, 4.69) is 25.7 Å². The molecule has 0 aliphatic rings. The van der Waals surface area contributed by atoms with E-state index in [1.807, 2.05) is 0 Å². The van der Waals surface area contributed by atoms with E-state index in [1.54, 1.807) is 23.1 Å². The number of aromatic nitrogens is 6. The lowest BCUT2D eigenvalue weighted by Gasteiger charge is -1.99. The molecule has 0 fully saturated rings. The average molecular weight is 293 g/mol. The Hall–Kier alpha value is -2.20. The van der Waals surface area contributed by atoms with E-state index in [0.29, 0.717) is 41.5 Å². The Morgan fingerprint density at radius 1 is 1.40 bits per heavy atom. The summed E-state index contributed by atoms with van der Waals surface area (Å²) in [4.78, 5) is 4.23. The van der Waals surface area contributed by atoms with Crippen molar-refractivity contribution in [2.24, 2.45) is 5.73 Å². The van der Waals surface area contributed by atoms with Crippen LogP contribution in [0.3, 0.4) is 0 Å². The van der Waals surface area contributed by atoms with E-state index in [0.717, 1.165) is 0 Å². The zero-order valence-electron chi connectivity index (χ0n) is 10.3. The molecule has 104 valence electrons. The van der Waals surface area contributed by atoms with Crippen LogP contribution in [0.1, 0.15) is 5.82 Å². The highest BCUT2D eigenvalue weighted by Crippen LogP contribution is 2.21. The lowest BCUT2D eigenvalue weighted by Crippen LogP contribution is -2.12. The van der Waals surface area contributed by atoms with Gasteiger partial charge in [-0.25, -0.2) is 4.68 Å². The first kappa shape index (κ1) is 12.8. The molecule has 10 heteroatoms. The second-order valence-corrected chi connectivity index (χ2v) is 4.70. The summed E-state index contributed by atoms with van der Waals surface area (Å²) in [5, 5.41) is 15.9. The maximum Gasteiger partial charge on any atom is 0.293 e. The normalized spacial score (nSPS) is 11.1. The van der Waals surface area contributed by atoms with Gasteiger partial charge in [0.25, 0.3) is 5.89 Å². The predicted octanol–water partition coefficient (Wildman–Crippen LogP) is 0.567. The van der Waals surface area contributed by atoms with Gasteiger partial charge in [-0.15, -0.1) is 5.10 Å². The molecule has 3 rings (SSSR count). The van der Waals surface area contributed by atoms with Gasteiger partial charge >= 0.3 is 0 Å². The van der Waals surface area contributed by atoms with Gasteiger partial charge in [0.15, 0.2) is 11.6 Å². The van der Waals surface area contributed by atoms with E-state index in [1.165, 1.54) is 11.8 Å². The molecule has 0 atom stereocenters. The van der Waals surface area contributed by atoms with Crippen LogP contribution >= 0.6 is 11.8 Å². The molecule has 0 spiro atoms. The lowest BCUT2D eigenvalue weighted by atomic mass is 10.4. The number of thioether (sulfide) groups is 1. The van der Waals surface area contributed by atoms with Gasteiger partial charge in [0.1, 0.15) is 0 Å². The Balaban J connectivity index is 1.65. The Morgan fingerprint density at radius 2 is 2.35 bits per heavy atom. The van der Waals surface area contributed by atoms with Gasteiger partial charge in [-0.2, -0.15) is 4.98 Å². The van der Waals surface area contributed by atoms with Crippen molar-refractivity contribution < 1.29 is 8.94 Å². The first-order valence-electron chi connectivity index (χ1n) is 5.82. The number of hydrogen-bond acceptors (Lipinski definition) is 9. The van der Waals surface area contributed by atoms with Crippen LogP contribution in [-0.4, -0.2) is 36.9 Å². The number of nitrogens with zero attached hydrogens (tertiary/aromatic N) is 6. The minimum Gasteiger partial charge on any atom is -0.459 e. The monoisotopic (exact) mass is 293 g/mol. The standard InChI is InChI=1S/C10H11N7O2S/c11-3-4-17-10(13-15-16-17)20-6-8-12-9(19-14-8)7-2-1-5-18-7/h1-2,5H,3-4,6,11H2. The summed E-state index contributed by atoms with van der Waals surface area (Å²) >= 11 is 1.41. The molecule has 0 unspecified atom stereocenters. The highest BCUT2D eigenvalue weighted by molar-refractivity contribution is 7.98. The maximum atomic E-state index is 5.48. The van der Waals surface area contributed by atoms with Crippen molar-refractivity contribution in [2.75, 3.05) is 6.54 Å². The molecular weight excluding hydrogens is 282 g/mol. The number of tetrazole rings is 1. The van der Waals surface area contributed by atoms with E-state index < -0.39 is 0 Å². The van der Waals surface area contributed by atoms with Gasteiger partial charge in [0, 0.05) is 6.54 Å². The van der Waals surface area contributed by atoms with Gasteiger partial charge < -0.3 is 14.7 Å². The van der Waals surface area contributed by atoms with E-state index in [9.17, 15) is 0 Å². The fourth-order valence-corrected chi connectivity index (χ4v) is 2.25. The molecule has 2 N–H and O–H groups in total. The topological polar surface area (TPSA) is 122 Å². The molecule has 0 aromatic carbocycles. The molecule has 0 aliphatic carbocycles. The SMILES string of the molecule is NCCn1nnnc1SCc1noc(-c2ccco2)n1. The van der Waals surface area contributed by atoms with Crippen molar-refractivity contribution in [3.05, 3.63) is 24.2 Å². The lowest BCUT2D eigenvalue weighted by molar-refractivity contribution is 0.411. The van der Waals surface area contributed by atoms with Gasteiger partial charge in [-0.3, -0.25) is 0 Å². The first-order chi connectivity index (χ1) is 9.86. The first-order valence-corrected chi connectivity index (χ1v) is 6.81. The fraction of sp³-hybridized carbons (Fsp3) is 0.300. The number of furan rings is 1. The third kappa shape index (κ3) is 2.70. The smallest absolute Gasteiger partial charge is 0.293 e. The largest absolute Gasteiger partial charge is 0.459 e. The number of nitrogens with two attached hydrogens (primary N) is 1. The minimum absolute atomic E-state index is 0.354. The van der Waals surface area contributed by atoms with Crippen LogP contribution in [-0.2, 0) is 12.3 Å². The molecule has 3 aromatic heterocycles. The van der Waals surface area contributed by atoms with Crippen LogP contribution in [0.5, 0.6) is 0 Å². The second-order valence-electron chi connectivity index (χ2n) is 3.76. The summed E-state index contributed by atoms with van der Waals surface area (Å²) in [5.41, 5.74) is 5.48. The Kier molecular flexibility index (Phi) is 3.74. The maximum absolute atomic E-state index is 5.48. The summed E-state index contributed by atoms with van der Waals surface area (Å²) in [6, 6.07) is 3.52. The zero-order chi connectivity index (χ0) is 13.8. The van der Waals surface area contributed by atoms with Crippen molar-refractivity contribution >= 4 is 11.8 Å². The molecule has 3 aromatic rings. The van der Waals surface area contributed by atoms with Crippen LogP contribution in [0.25, 0.3) is 11.7 Å². The minimum atomic E-state index is 0.354. The molecular formula is C10H11N7O2S. The van der Waals surface area contributed by atoms with Gasteiger partial charge in [0.05, 0.1) is 18.6 Å². The summed E-state index contributed by atoms with van der Waals surface area (Å²) in [5.74, 6) is 1.94. The van der Waals surface area contributed by atoms with Gasteiger partial charge in [-0.05, 0) is 22.6 Å². The van der Waals surface area contributed by atoms with Crippen LogP contribution < -0.4 is 5.73 Å². The van der Waals surface area contributed by atoms with Gasteiger partial charge in [0.2, 0.25) is 5.16 Å². The van der Waals surface area contributed by atoms with Crippen molar-refractivity contribution in [1.29, 1.82) is 0 Å². The quantitative estimate of drug-likeness (QED) is 0.649. The summed E-state index contributed by atoms with van der Waals surface area (Å²) < 4.78 is 11.9. The molecule has 0 bridgehead atoms. The molecule has 9 nitrogen and oxygen atoms in total. The van der Waals surface area contributed by atoms with Crippen molar-refractivity contribution in [2.45, 2.75) is 17.5 Å². The third-order valence-corrected chi connectivity index (χ3v) is 3.32. The van der Waals surface area contributed by atoms with Crippen molar-refractivity contribution in [3.63, 3.8) is 0 Å². The highest BCUT2D eigenvalue weighted by Gasteiger charge is 2.13. The molecule has 0 saturated carbocycles. The molecule has 20 heavy (non-hydrogen) atoms. The number of hydrogen-bond donors (Lipinski definition) is 1. The van der Waals surface area contributed by atoms with Crippen LogP contribution in [0.2, 0.25) is 0 Å². The van der Waals surface area contributed by atoms with Crippen LogP contribution in [0.15, 0.2) is 32.5 Å². The number of rotatable bonds is 6. The van der Waals surface area contributed by atoms with Gasteiger partial charge in [-0.1, -0.05) is 16.9 Å². The molecule has 3 heterocycles. The van der Waals surface area contributed by atoms with Crippen LogP contribution in [0.4, 0.5) is 0 Å². The van der Waals surface area contributed by atoms with E-state index >= 15 is 0 Å².